The van der Waals surface area contributed by atoms with Crippen molar-refractivity contribution in [2.45, 2.75) is 13.3 Å². The fourth-order valence-electron chi connectivity index (χ4n) is 2.47. The summed E-state index contributed by atoms with van der Waals surface area (Å²) in [7, 11) is 0. The van der Waals surface area contributed by atoms with Crippen molar-refractivity contribution < 1.29 is 18.9 Å². The summed E-state index contributed by atoms with van der Waals surface area (Å²) in [4.78, 5) is 22.4. The average molecular weight is 393 g/mol. The molecule has 0 spiro atoms. The maximum Gasteiger partial charge on any atom is 0.271 e. The number of nitrogens with one attached hydrogen (secondary N) is 1. The van der Waals surface area contributed by atoms with Gasteiger partial charge in [0.25, 0.3) is 11.6 Å². The number of carbonyl (C=O) groups is 1. The van der Waals surface area contributed by atoms with E-state index in [1.807, 2.05) is 6.92 Å². The molecule has 148 valence electrons. The van der Waals surface area contributed by atoms with Gasteiger partial charge in [-0.15, -0.1) is 0 Å². The molecule has 0 saturated carbocycles. The number of furan rings is 1. The van der Waals surface area contributed by atoms with Crippen LogP contribution in [0.3, 0.4) is 0 Å². The maximum absolute atomic E-state index is 12.1. The van der Waals surface area contributed by atoms with Gasteiger partial charge >= 0.3 is 0 Å². The number of hydrogen-bond acceptors (Lipinski definition) is 6. The molecule has 0 saturated heterocycles. The number of non-ortho nitro benzene ring substituents is 1. The summed E-state index contributed by atoms with van der Waals surface area (Å²) >= 11 is 0. The van der Waals surface area contributed by atoms with Gasteiger partial charge in [-0.1, -0.05) is 6.92 Å². The van der Waals surface area contributed by atoms with Gasteiger partial charge in [0.1, 0.15) is 17.3 Å². The Bertz CT molecular complexity index is 1010. The summed E-state index contributed by atoms with van der Waals surface area (Å²) in [5.74, 6) is 1.32. The van der Waals surface area contributed by atoms with Crippen LogP contribution in [0.25, 0.3) is 11.3 Å². The molecule has 3 aromatic rings. The molecular formula is C21H19N3O5. The van der Waals surface area contributed by atoms with Gasteiger partial charge in [0.15, 0.2) is 0 Å². The van der Waals surface area contributed by atoms with E-state index in [-0.39, 0.29) is 11.6 Å². The van der Waals surface area contributed by atoms with Crippen LogP contribution in [-0.4, -0.2) is 23.7 Å². The van der Waals surface area contributed by atoms with Crippen LogP contribution in [0.1, 0.15) is 29.5 Å². The Labute approximate surface area is 167 Å². The van der Waals surface area contributed by atoms with Crippen LogP contribution >= 0.6 is 0 Å². The molecule has 1 heterocycles. The topological polar surface area (TPSA) is 107 Å². The van der Waals surface area contributed by atoms with Crippen LogP contribution in [-0.2, 0) is 0 Å². The average Bonchev–Trinajstić information content (AvgIpc) is 3.21. The molecule has 0 aliphatic rings. The van der Waals surface area contributed by atoms with E-state index in [0.29, 0.717) is 35.0 Å². The minimum absolute atomic E-state index is 0.00904. The highest BCUT2D eigenvalue weighted by atomic mass is 16.6. The molecule has 8 nitrogen and oxygen atoms in total. The van der Waals surface area contributed by atoms with Crippen molar-refractivity contribution in [3.8, 4) is 17.1 Å². The van der Waals surface area contributed by atoms with Crippen molar-refractivity contribution in [1.82, 2.24) is 5.43 Å². The first-order valence-electron chi connectivity index (χ1n) is 8.97. The summed E-state index contributed by atoms with van der Waals surface area (Å²) in [6.07, 6.45) is 2.29. The highest BCUT2D eigenvalue weighted by molar-refractivity contribution is 5.94. The van der Waals surface area contributed by atoms with Crippen LogP contribution in [0.2, 0.25) is 0 Å². The molecule has 1 N–H and O–H groups in total. The molecule has 0 atom stereocenters. The summed E-state index contributed by atoms with van der Waals surface area (Å²) in [5.41, 5.74) is 3.60. The first-order chi connectivity index (χ1) is 14.1. The number of nitrogens with zero attached hydrogens (tertiary/aromatic N) is 2. The number of carbonyl (C=O) groups excluding carboxylic acids is 1. The lowest BCUT2D eigenvalue weighted by Crippen LogP contribution is -2.17. The van der Waals surface area contributed by atoms with E-state index < -0.39 is 4.92 Å². The molecule has 0 aliphatic carbocycles. The highest BCUT2D eigenvalue weighted by Gasteiger charge is 2.08. The zero-order valence-electron chi connectivity index (χ0n) is 15.7. The minimum Gasteiger partial charge on any atom is -0.494 e. The van der Waals surface area contributed by atoms with Gasteiger partial charge < -0.3 is 9.15 Å². The molecule has 0 bridgehead atoms. The zero-order chi connectivity index (χ0) is 20.6. The second-order valence-corrected chi connectivity index (χ2v) is 6.08. The van der Waals surface area contributed by atoms with E-state index in [2.05, 4.69) is 10.5 Å². The fraction of sp³-hybridized carbons (Fsp3) is 0.143. The van der Waals surface area contributed by atoms with Gasteiger partial charge in [-0.2, -0.15) is 5.10 Å². The first kappa shape index (κ1) is 19.8. The molecule has 0 radical (unpaired) electrons. The second-order valence-electron chi connectivity index (χ2n) is 6.08. The van der Waals surface area contributed by atoms with Crippen LogP contribution in [0.15, 0.2) is 70.2 Å². The van der Waals surface area contributed by atoms with Gasteiger partial charge in [0.05, 0.1) is 17.7 Å². The Hall–Kier alpha value is -3.94. The van der Waals surface area contributed by atoms with Crippen molar-refractivity contribution >= 4 is 17.8 Å². The normalized spacial score (nSPS) is 10.8. The number of hydrazone groups is 1. The number of benzene rings is 2. The van der Waals surface area contributed by atoms with Crippen molar-refractivity contribution in [2.24, 2.45) is 5.10 Å². The smallest absolute Gasteiger partial charge is 0.271 e. The molecule has 3 rings (SSSR count). The lowest BCUT2D eigenvalue weighted by atomic mass is 10.1. The Balaban J connectivity index is 1.58. The van der Waals surface area contributed by atoms with Crippen LogP contribution < -0.4 is 10.2 Å². The predicted octanol–water partition coefficient (Wildman–Crippen LogP) is 4.41. The quantitative estimate of drug-likeness (QED) is 0.347. The van der Waals surface area contributed by atoms with E-state index in [0.717, 1.165) is 6.42 Å². The molecular weight excluding hydrogens is 374 g/mol. The number of nitro benzene ring substituents is 1. The Morgan fingerprint density at radius 3 is 2.52 bits per heavy atom. The predicted molar refractivity (Wildman–Crippen MR) is 108 cm³/mol. The summed E-state index contributed by atoms with van der Waals surface area (Å²) in [6, 6.07) is 16.2. The van der Waals surface area contributed by atoms with Crippen molar-refractivity contribution in [3.05, 3.63) is 82.1 Å². The van der Waals surface area contributed by atoms with Crippen molar-refractivity contribution in [1.29, 1.82) is 0 Å². The summed E-state index contributed by atoms with van der Waals surface area (Å²) < 4.78 is 11.1. The van der Waals surface area contributed by atoms with Crippen molar-refractivity contribution in [3.63, 3.8) is 0 Å². The Morgan fingerprint density at radius 2 is 1.86 bits per heavy atom. The molecule has 8 heteroatoms. The first-order valence-corrected chi connectivity index (χ1v) is 8.97. The molecule has 0 aliphatic heterocycles. The SMILES string of the molecule is CCCOc1ccc(C(=O)N/N=C/c2ccc(-c3ccc([N+](=O)[O-])cc3)o2)cc1. The van der Waals surface area contributed by atoms with Crippen molar-refractivity contribution in [2.75, 3.05) is 6.61 Å². The summed E-state index contributed by atoms with van der Waals surface area (Å²) in [5, 5.41) is 14.6. The summed E-state index contributed by atoms with van der Waals surface area (Å²) in [6.45, 7) is 2.65. The second kappa shape index (κ2) is 9.32. The number of hydrogen-bond donors (Lipinski definition) is 1. The van der Waals surface area contributed by atoms with Gasteiger partial charge in [0, 0.05) is 23.3 Å². The van der Waals surface area contributed by atoms with Gasteiger partial charge in [-0.25, -0.2) is 5.43 Å². The van der Waals surface area contributed by atoms with E-state index in [1.54, 1.807) is 48.5 Å². The Kier molecular flexibility index (Phi) is 6.36. The van der Waals surface area contributed by atoms with Crippen LogP contribution in [0.5, 0.6) is 5.75 Å². The zero-order valence-corrected chi connectivity index (χ0v) is 15.7. The molecule has 0 fully saturated rings. The fourth-order valence-corrected chi connectivity index (χ4v) is 2.47. The largest absolute Gasteiger partial charge is 0.494 e. The third kappa shape index (κ3) is 5.29. The molecule has 2 aromatic carbocycles. The van der Waals surface area contributed by atoms with Gasteiger partial charge in [-0.3, -0.25) is 14.9 Å². The monoisotopic (exact) mass is 393 g/mol. The van der Waals surface area contributed by atoms with Gasteiger partial charge in [-0.05, 0) is 55.0 Å². The molecule has 1 amide bonds. The lowest BCUT2D eigenvalue weighted by Gasteiger charge is -2.05. The molecule has 29 heavy (non-hydrogen) atoms. The molecule has 0 unspecified atom stereocenters. The van der Waals surface area contributed by atoms with Gasteiger partial charge in [0.2, 0.25) is 0 Å². The number of rotatable bonds is 8. The van der Waals surface area contributed by atoms with E-state index >= 15 is 0 Å². The van der Waals surface area contributed by atoms with E-state index in [4.69, 9.17) is 9.15 Å². The van der Waals surface area contributed by atoms with E-state index in [1.165, 1.54) is 18.3 Å². The number of ether oxygens (including phenoxy) is 1. The standard InChI is InChI=1S/C21H19N3O5/c1-2-13-28-18-9-5-16(6-10-18)21(25)23-22-14-19-11-12-20(29-19)15-3-7-17(8-4-15)24(26)27/h3-12,14H,2,13H2,1H3,(H,23,25)/b22-14+. The van der Waals surface area contributed by atoms with Crippen LogP contribution in [0, 0.1) is 10.1 Å². The lowest BCUT2D eigenvalue weighted by molar-refractivity contribution is -0.384. The number of nitro groups is 1. The Morgan fingerprint density at radius 1 is 1.14 bits per heavy atom. The maximum atomic E-state index is 12.1. The van der Waals surface area contributed by atoms with E-state index in [9.17, 15) is 14.9 Å². The third-order valence-electron chi connectivity index (χ3n) is 3.94. The van der Waals surface area contributed by atoms with Crippen LogP contribution in [0.4, 0.5) is 5.69 Å². The minimum atomic E-state index is -0.460. The highest BCUT2D eigenvalue weighted by Crippen LogP contribution is 2.24. The third-order valence-corrected chi connectivity index (χ3v) is 3.94. The number of amides is 1. The molecule has 1 aromatic heterocycles.